The Morgan fingerprint density at radius 3 is 2.77 bits per heavy atom. The van der Waals surface area contributed by atoms with E-state index in [1.807, 2.05) is 18.2 Å². The number of halogens is 2. The fourth-order valence-corrected chi connectivity index (χ4v) is 3.66. The van der Waals surface area contributed by atoms with Crippen molar-refractivity contribution in [1.82, 2.24) is 9.38 Å². The van der Waals surface area contributed by atoms with E-state index in [9.17, 15) is 9.18 Å². The summed E-state index contributed by atoms with van der Waals surface area (Å²) in [4.78, 5) is 17.2. The number of carbonyl (C=O) groups excluding carboxylic acids is 1. The summed E-state index contributed by atoms with van der Waals surface area (Å²) in [6.45, 7) is 1.80. The van der Waals surface area contributed by atoms with E-state index in [0.29, 0.717) is 27.9 Å². The number of benzene rings is 2. The Kier molecular flexibility index (Phi) is 4.29. The van der Waals surface area contributed by atoms with Crippen LogP contribution >= 0.6 is 11.6 Å². The predicted octanol–water partition coefficient (Wildman–Crippen LogP) is 6.10. The third-order valence-corrected chi connectivity index (χ3v) is 5.22. The molecule has 3 aromatic heterocycles. The van der Waals surface area contributed by atoms with Crippen molar-refractivity contribution < 1.29 is 13.6 Å². The molecule has 0 saturated heterocycles. The highest BCUT2D eigenvalue weighted by Gasteiger charge is 2.17. The number of furan rings is 1. The molecule has 5 aromatic rings. The van der Waals surface area contributed by atoms with E-state index in [2.05, 4.69) is 10.3 Å². The first-order valence-electron chi connectivity index (χ1n) is 9.24. The van der Waals surface area contributed by atoms with E-state index < -0.39 is 5.91 Å². The summed E-state index contributed by atoms with van der Waals surface area (Å²) < 4.78 is 20.9. The Morgan fingerprint density at radius 2 is 1.90 bits per heavy atom. The van der Waals surface area contributed by atoms with Crippen molar-refractivity contribution in [2.45, 2.75) is 6.92 Å². The van der Waals surface area contributed by atoms with Crippen molar-refractivity contribution in [3.63, 3.8) is 0 Å². The highest BCUT2D eigenvalue weighted by atomic mass is 35.5. The highest BCUT2D eigenvalue weighted by molar-refractivity contribution is 6.33. The average molecular weight is 420 g/mol. The highest BCUT2D eigenvalue weighted by Crippen LogP contribution is 2.28. The van der Waals surface area contributed by atoms with Crippen LogP contribution in [-0.4, -0.2) is 15.3 Å². The summed E-state index contributed by atoms with van der Waals surface area (Å²) in [5, 5.41) is 5.02. The van der Waals surface area contributed by atoms with Gasteiger partial charge >= 0.3 is 0 Å². The van der Waals surface area contributed by atoms with Crippen molar-refractivity contribution in [2.75, 3.05) is 5.32 Å². The topological polar surface area (TPSA) is 59.5 Å². The number of fused-ring (bicyclic) bond motifs is 2. The maximum Gasteiger partial charge on any atom is 0.292 e. The lowest BCUT2D eigenvalue weighted by atomic mass is 10.1. The number of hydrogen-bond donors (Lipinski definition) is 1. The van der Waals surface area contributed by atoms with Gasteiger partial charge in [-0.15, -0.1) is 0 Å². The second kappa shape index (κ2) is 7.00. The monoisotopic (exact) mass is 419 g/mol. The lowest BCUT2D eigenvalue weighted by Crippen LogP contribution is -2.13. The number of hydrogen-bond acceptors (Lipinski definition) is 3. The Hall–Kier alpha value is -3.64. The van der Waals surface area contributed by atoms with Gasteiger partial charge in [-0.3, -0.25) is 9.20 Å². The van der Waals surface area contributed by atoms with Gasteiger partial charge in [-0.1, -0.05) is 29.8 Å². The minimum atomic E-state index is -0.394. The fourth-order valence-electron chi connectivity index (χ4n) is 3.45. The van der Waals surface area contributed by atoms with Gasteiger partial charge in [0.1, 0.15) is 17.4 Å². The predicted molar refractivity (Wildman–Crippen MR) is 115 cm³/mol. The molecule has 1 N–H and O–H groups in total. The van der Waals surface area contributed by atoms with Crippen LogP contribution in [0.15, 0.2) is 71.3 Å². The fraction of sp³-hybridized carbons (Fsp3) is 0.0435. The van der Waals surface area contributed by atoms with Gasteiger partial charge in [0.15, 0.2) is 11.4 Å². The molecule has 0 fully saturated rings. The molecule has 7 heteroatoms. The molecule has 5 rings (SSSR count). The number of carbonyl (C=O) groups is 1. The van der Waals surface area contributed by atoms with Crippen LogP contribution in [0.5, 0.6) is 0 Å². The molecule has 148 valence electrons. The Bertz CT molecular complexity index is 1440. The molecular weight excluding hydrogens is 405 g/mol. The number of rotatable bonds is 3. The molecule has 0 aliphatic carbocycles. The van der Waals surface area contributed by atoms with Gasteiger partial charge in [-0.05, 0) is 60.2 Å². The largest absolute Gasteiger partial charge is 0.451 e. The van der Waals surface area contributed by atoms with Gasteiger partial charge in [0, 0.05) is 11.8 Å². The van der Waals surface area contributed by atoms with Crippen LogP contribution in [0, 0.1) is 12.7 Å². The first-order valence-corrected chi connectivity index (χ1v) is 9.61. The first-order chi connectivity index (χ1) is 14.5. The summed E-state index contributed by atoms with van der Waals surface area (Å²) in [7, 11) is 0. The molecule has 3 heterocycles. The second-order valence-corrected chi connectivity index (χ2v) is 7.33. The number of aryl methyl sites for hydroxylation is 1. The standard InChI is InChI=1S/C23H15ClFN3O2/c1-13-21(28-10-2-3-18(24)22(28)26-13)27-23(29)20-9-8-19(30-20)16-5-4-15-12-17(25)7-6-14(15)11-16/h2-12H,1H3,(H,27,29). The molecule has 5 nitrogen and oxygen atoms in total. The quantitative estimate of drug-likeness (QED) is 0.384. The molecule has 0 radical (unpaired) electrons. The Labute approximate surface area is 175 Å². The molecule has 0 atom stereocenters. The molecule has 0 unspecified atom stereocenters. The normalized spacial score (nSPS) is 11.3. The van der Waals surface area contributed by atoms with Crippen LogP contribution in [-0.2, 0) is 0 Å². The van der Waals surface area contributed by atoms with Gasteiger partial charge in [-0.25, -0.2) is 9.37 Å². The lowest BCUT2D eigenvalue weighted by molar-refractivity contribution is 0.0997. The number of nitrogens with one attached hydrogen (secondary N) is 1. The van der Waals surface area contributed by atoms with Crippen molar-refractivity contribution >= 4 is 39.7 Å². The third kappa shape index (κ3) is 3.11. The molecule has 1 amide bonds. The molecule has 0 saturated carbocycles. The molecule has 2 aromatic carbocycles. The van der Waals surface area contributed by atoms with Gasteiger partial charge in [0.25, 0.3) is 5.91 Å². The maximum absolute atomic E-state index is 13.4. The van der Waals surface area contributed by atoms with E-state index >= 15 is 0 Å². The molecule has 30 heavy (non-hydrogen) atoms. The van der Waals surface area contributed by atoms with E-state index in [0.717, 1.165) is 16.3 Å². The van der Waals surface area contributed by atoms with Crippen molar-refractivity contribution in [3.05, 3.63) is 89.2 Å². The van der Waals surface area contributed by atoms with Crippen molar-refractivity contribution in [1.29, 1.82) is 0 Å². The molecule has 0 bridgehead atoms. The van der Waals surface area contributed by atoms with Crippen molar-refractivity contribution in [2.24, 2.45) is 0 Å². The first kappa shape index (κ1) is 18.4. The minimum absolute atomic E-state index is 0.167. The average Bonchev–Trinajstić information content (AvgIpc) is 3.34. The van der Waals surface area contributed by atoms with E-state index in [-0.39, 0.29) is 11.6 Å². The van der Waals surface area contributed by atoms with E-state index in [1.165, 1.54) is 12.1 Å². The molecule has 0 aliphatic heterocycles. The van der Waals surface area contributed by atoms with Crippen molar-refractivity contribution in [3.8, 4) is 11.3 Å². The zero-order chi connectivity index (χ0) is 20.8. The maximum atomic E-state index is 13.4. The smallest absolute Gasteiger partial charge is 0.292 e. The van der Waals surface area contributed by atoms with Crippen LogP contribution in [0.1, 0.15) is 16.2 Å². The summed E-state index contributed by atoms with van der Waals surface area (Å²) >= 11 is 6.18. The molecule has 0 spiro atoms. The summed E-state index contributed by atoms with van der Waals surface area (Å²) in [5.41, 5.74) is 2.01. The second-order valence-electron chi connectivity index (χ2n) is 6.92. The van der Waals surface area contributed by atoms with Crippen LogP contribution in [0.3, 0.4) is 0 Å². The third-order valence-electron chi connectivity index (χ3n) is 4.93. The number of pyridine rings is 1. The Balaban J connectivity index is 1.44. The summed E-state index contributed by atoms with van der Waals surface area (Å²) in [6.07, 6.45) is 1.78. The zero-order valence-electron chi connectivity index (χ0n) is 15.8. The number of imidazole rings is 1. The van der Waals surface area contributed by atoms with E-state index in [4.69, 9.17) is 16.0 Å². The van der Waals surface area contributed by atoms with Gasteiger partial charge in [0.2, 0.25) is 0 Å². The number of nitrogens with zero attached hydrogens (tertiary/aromatic N) is 2. The van der Waals surface area contributed by atoms with E-state index in [1.54, 1.807) is 47.9 Å². The summed E-state index contributed by atoms with van der Waals surface area (Å²) in [5.74, 6) is 0.568. The number of amides is 1. The van der Waals surface area contributed by atoms with Gasteiger partial charge < -0.3 is 9.73 Å². The minimum Gasteiger partial charge on any atom is -0.451 e. The molecular formula is C23H15ClFN3O2. The van der Waals surface area contributed by atoms with Crippen LogP contribution in [0.25, 0.3) is 27.7 Å². The molecule has 0 aliphatic rings. The SMILES string of the molecule is Cc1nc2c(Cl)cccn2c1NC(=O)c1ccc(-c2ccc3cc(F)ccc3c2)o1. The lowest BCUT2D eigenvalue weighted by Gasteiger charge is -2.05. The van der Waals surface area contributed by atoms with Crippen LogP contribution in [0.4, 0.5) is 10.2 Å². The number of anilines is 1. The van der Waals surface area contributed by atoms with Gasteiger partial charge in [-0.2, -0.15) is 0 Å². The van der Waals surface area contributed by atoms with Crippen LogP contribution in [0.2, 0.25) is 5.02 Å². The number of aromatic nitrogens is 2. The van der Waals surface area contributed by atoms with Crippen LogP contribution < -0.4 is 5.32 Å². The summed E-state index contributed by atoms with van der Waals surface area (Å²) in [6, 6.07) is 17.0. The van der Waals surface area contributed by atoms with Gasteiger partial charge in [0.05, 0.1) is 10.7 Å². The Morgan fingerprint density at radius 1 is 1.10 bits per heavy atom. The zero-order valence-corrected chi connectivity index (χ0v) is 16.6.